The van der Waals surface area contributed by atoms with Crippen molar-refractivity contribution in [2.45, 2.75) is 6.61 Å². The fourth-order valence-corrected chi connectivity index (χ4v) is 1.35. The van der Waals surface area contributed by atoms with Crippen molar-refractivity contribution in [1.82, 2.24) is 0 Å². The van der Waals surface area contributed by atoms with E-state index in [9.17, 15) is 0 Å². The minimum Gasteiger partial charge on any atom is -0.382 e. The summed E-state index contributed by atoms with van der Waals surface area (Å²) in [5.74, 6) is 0. The second-order valence-electron chi connectivity index (χ2n) is 3.76. The van der Waals surface area contributed by atoms with Gasteiger partial charge < -0.3 is 18.9 Å². The minimum absolute atomic E-state index is 0.596. The molecule has 0 amide bonds. The smallest absolute Gasteiger partial charge is 0.0718 e. The summed E-state index contributed by atoms with van der Waals surface area (Å²) in [4.78, 5) is 0. The van der Waals surface area contributed by atoms with Gasteiger partial charge in [-0.05, 0) is 5.56 Å². The molecule has 0 aromatic heterocycles. The van der Waals surface area contributed by atoms with E-state index >= 15 is 0 Å². The zero-order valence-electron chi connectivity index (χ0n) is 11.0. The third-order valence-corrected chi connectivity index (χ3v) is 2.29. The van der Waals surface area contributed by atoms with Crippen LogP contribution >= 0.6 is 0 Å². The molecule has 0 unspecified atom stereocenters. The van der Waals surface area contributed by atoms with Gasteiger partial charge in [0.1, 0.15) is 0 Å². The maximum Gasteiger partial charge on any atom is 0.0718 e. The quantitative estimate of drug-likeness (QED) is 0.565. The van der Waals surface area contributed by atoms with Gasteiger partial charge in [-0.2, -0.15) is 0 Å². The lowest BCUT2D eigenvalue weighted by atomic mass is 10.2. The summed E-state index contributed by atoms with van der Waals surface area (Å²) >= 11 is 0. The summed E-state index contributed by atoms with van der Waals surface area (Å²) < 4.78 is 21.0. The van der Waals surface area contributed by atoms with Gasteiger partial charge in [0.15, 0.2) is 0 Å². The lowest BCUT2D eigenvalue weighted by molar-refractivity contribution is 0.000869. The van der Waals surface area contributed by atoms with Crippen LogP contribution in [-0.2, 0) is 25.6 Å². The Morgan fingerprint density at radius 3 is 1.89 bits per heavy atom. The van der Waals surface area contributed by atoms with Gasteiger partial charge in [-0.1, -0.05) is 30.3 Å². The van der Waals surface area contributed by atoms with Crippen molar-refractivity contribution in [2.24, 2.45) is 0 Å². The first-order valence-corrected chi connectivity index (χ1v) is 6.19. The van der Waals surface area contributed by atoms with E-state index in [-0.39, 0.29) is 0 Å². The molecular weight excluding hydrogens is 232 g/mol. The maximum absolute atomic E-state index is 5.48. The Balaban J connectivity index is 1.82. The van der Waals surface area contributed by atoms with Crippen molar-refractivity contribution in [2.75, 3.05) is 46.8 Å². The van der Waals surface area contributed by atoms with E-state index in [0.717, 1.165) is 0 Å². The fraction of sp³-hybridized carbons (Fsp3) is 0.571. The average Bonchev–Trinajstić information content (AvgIpc) is 2.42. The van der Waals surface area contributed by atoms with E-state index in [2.05, 4.69) is 0 Å². The van der Waals surface area contributed by atoms with Gasteiger partial charge in [0.25, 0.3) is 0 Å². The summed E-state index contributed by atoms with van der Waals surface area (Å²) in [7, 11) is 1.66. The van der Waals surface area contributed by atoms with Crippen LogP contribution in [0.1, 0.15) is 5.56 Å². The molecule has 0 aliphatic rings. The molecule has 4 nitrogen and oxygen atoms in total. The number of benzene rings is 1. The molecule has 0 atom stereocenters. The molecule has 0 radical (unpaired) electrons. The molecule has 4 heteroatoms. The summed E-state index contributed by atoms with van der Waals surface area (Å²) in [6.45, 7) is 4.27. The van der Waals surface area contributed by atoms with Gasteiger partial charge in [-0.15, -0.1) is 0 Å². The second-order valence-corrected chi connectivity index (χ2v) is 3.76. The normalized spacial score (nSPS) is 10.7. The van der Waals surface area contributed by atoms with E-state index in [1.165, 1.54) is 5.56 Å². The highest BCUT2D eigenvalue weighted by Crippen LogP contribution is 1.99. The Morgan fingerprint density at radius 1 is 0.722 bits per heavy atom. The van der Waals surface area contributed by atoms with Crippen molar-refractivity contribution < 1.29 is 18.9 Å². The monoisotopic (exact) mass is 254 g/mol. The number of ether oxygens (including phenoxy) is 4. The highest BCUT2D eigenvalue weighted by atomic mass is 16.6. The van der Waals surface area contributed by atoms with E-state index in [4.69, 9.17) is 18.9 Å². The molecule has 0 aliphatic carbocycles. The first-order valence-electron chi connectivity index (χ1n) is 6.19. The molecule has 0 N–H and O–H groups in total. The van der Waals surface area contributed by atoms with Crippen LogP contribution < -0.4 is 0 Å². The largest absolute Gasteiger partial charge is 0.382 e. The molecule has 0 spiro atoms. The Bertz CT molecular complexity index is 276. The highest BCUT2D eigenvalue weighted by molar-refractivity contribution is 5.13. The summed E-state index contributed by atoms with van der Waals surface area (Å²) in [6, 6.07) is 10.1. The number of methoxy groups -OCH3 is 1. The zero-order chi connectivity index (χ0) is 12.9. The standard InChI is InChI=1S/C14H22O4/c1-15-7-8-16-9-10-17-11-12-18-13-14-5-3-2-4-6-14/h2-6H,7-13H2,1H3. The lowest BCUT2D eigenvalue weighted by Crippen LogP contribution is -2.11. The van der Waals surface area contributed by atoms with Crippen LogP contribution in [0.15, 0.2) is 30.3 Å². The topological polar surface area (TPSA) is 36.9 Å². The third kappa shape index (κ3) is 8.20. The molecular formula is C14H22O4. The van der Waals surface area contributed by atoms with Crippen LogP contribution in [0.25, 0.3) is 0 Å². The van der Waals surface area contributed by atoms with E-state index in [1.54, 1.807) is 7.11 Å². The van der Waals surface area contributed by atoms with Crippen molar-refractivity contribution in [3.8, 4) is 0 Å². The van der Waals surface area contributed by atoms with Crippen molar-refractivity contribution in [1.29, 1.82) is 0 Å². The molecule has 1 rings (SSSR count). The molecule has 0 heterocycles. The SMILES string of the molecule is COCCOCCOCCOCc1ccccc1. The van der Waals surface area contributed by atoms with Crippen LogP contribution in [0.3, 0.4) is 0 Å². The first-order chi connectivity index (χ1) is 8.93. The minimum atomic E-state index is 0.596. The molecule has 1 aromatic carbocycles. The Hall–Kier alpha value is -0.940. The van der Waals surface area contributed by atoms with Crippen LogP contribution in [-0.4, -0.2) is 46.8 Å². The molecule has 1 aromatic rings. The van der Waals surface area contributed by atoms with E-state index < -0.39 is 0 Å². The second kappa shape index (κ2) is 11.2. The van der Waals surface area contributed by atoms with Gasteiger partial charge in [0, 0.05) is 7.11 Å². The summed E-state index contributed by atoms with van der Waals surface area (Å²) in [5, 5.41) is 0. The van der Waals surface area contributed by atoms with E-state index in [1.807, 2.05) is 30.3 Å². The Labute approximate surface area is 109 Å². The molecule has 18 heavy (non-hydrogen) atoms. The van der Waals surface area contributed by atoms with Gasteiger partial charge in [0.2, 0.25) is 0 Å². The predicted molar refractivity (Wildman–Crippen MR) is 69.6 cm³/mol. The first kappa shape index (κ1) is 15.1. The maximum atomic E-state index is 5.48. The van der Waals surface area contributed by atoms with Crippen molar-refractivity contribution in [3.63, 3.8) is 0 Å². The number of hydrogen-bond acceptors (Lipinski definition) is 4. The Morgan fingerprint density at radius 2 is 1.28 bits per heavy atom. The summed E-state index contributed by atoms with van der Waals surface area (Å²) in [5.41, 5.74) is 1.18. The van der Waals surface area contributed by atoms with Crippen molar-refractivity contribution >= 4 is 0 Å². The van der Waals surface area contributed by atoms with Gasteiger partial charge in [-0.25, -0.2) is 0 Å². The third-order valence-electron chi connectivity index (χ3n) is 2.29. The van der Waals surface area contributed by atoms with Gasteiger partial charge in [0.05, 0.1) is 46.2 Å². The molecule has 0 saturated carbocycles. The number of rotatable bonds is 11. The molecule has 0 fully saturated rings. The van der Waals surface area contributed by atoms with Crippen LogP contribution in [0.2, 0.25) is 0 Å². The highest BCUT2D eigenvalue weighted by Gasteiger charge is 1.93. The lowest BCUT2D eigenvalue weighted by Gasteiger charge is -2.06. The zero-order valence-corrected chi connectivity index (χ0v) is 11.0. The average molecular weight is 254 g/mol. The molecule has 0 saturated heterocycles. The van der Waals surface area contributed by atoms with Crippen LogP contribution in [0.4, 0.5) is 0 Å². The molecule has 0 bridgehead atoms. The number of hydrogen-bond donors (Lipinski definition) is 0. The van der Waals surface area contributed by atoms with E-state index in [0.29, 0.717) is 46.2 Å². The summed E-state index contributed by atoms with van der Waals surface area (Å²) in [6.07, 6.45) is 0. The van der Waals surface area contributed by atoms with Gasteiger partial charge >= 0.3 is 0 Å². The van der Waals surface area contributed by atoms with Crippen LogP contribution in [0.5, 0.6) is 0 Å². The molecule has 0 aliphatic heterocycles. The van der Waals surface area contributed by atoms with Crippen LogP contribution in [0, 0.1) is 0 Å². The van der Waals surface area contributed by atoms with Crippen molar-refractivity contribution in [3.05, 3.63) is 35.9 Å². The fourth-order valence-electron chi connectivity index (χ4n) is 1.35. The predicted octanol–water partition coefficient (Wildman–Crippen LogP) is 1.88. The Kier molecular flexibility index (Phi) is 9.38. The van der Waals surface area contributed by atoms with Gasteiger partial charge in [-0.3, -0.25) is 0 Å². The molecule has 102 valence electrons.